The summed E-state index contributed by atoms with van der Waals surface area (Å²) < 4.78 is 33.5. The summed E-state index contributed by atoms with van der Waals surface area (Å²) in [6, 6.07) is 3.15. The van der Waals surface area contributed by atoms with Crippen molar-refractivity contribution in [3.05, 3.63) is 23.9 Å². The largest absolute Gasteiger partial charge is 0.493 e. The minimum absolute atomic E-state index is 0.00175. The number of methoxy groups -OCH3 is 2. The number of benzene rings is 1. The molecule has 2 N–H and O–H groups in total. The van der Waals surface area contributed by atoms with Gasteiger partial charge in [-0.2, -0.15) is 0 Å². The molecule has 1 saturated heterocycles. The SMILES string of the molecule is COc1cc2[nH]cc(C(=O)NC3CCS(=O)(=O)C3)c2cc1OC. The summed E-state index contributed by atoms with van der Waals surface area (Å²) in [5.74, 6) is 0.910. The van der Waals surface area contributed by atoms with Gasteiger partial charge >= 0.3 is 0 Å². The monoisotopic (exact) mass is 338 g/mol. The number of nitrogens with one attached hydrogen (secondary N) is 2. The molecule has 1 unspecified atom stereocenters. The Morgan fingerprint density at radius 1 is 1.26 bits per heavy atom. The third kappa shape index (κ3) is 2.98. The Morgan fingerprint density at radius 2 is 1.96 bits per heavy atom. The van der Waals surface area contributed by atoms with E-state index in [1.54, 1.807) is 25.4 Å². The summed E-state index contributed by atoms with van der Waals surface area (Å²) in [6.07, 6.45) is 2.05. The first-order valence-corrected chi connectivity index (χ1v) is 9.00. The highest BCUT2D eigenvalue weighted by Crippen LogP contribution is 2.33. The quantitative estimate of drug-likeness (QED) is 0.870. The molecule has 0 saturated carbocycles. The molecule has 1 aliphatic heterocycles. The number of carbonyl (C=O) groups excluding carboxylic acids is 1. The number of rotatable bonds is 4. The number of fused-ring (bicyclic) bond motifs is 1. The molecule has 1 atom stereocenters. The Kier molecular flexibility index (Phi) is 3.93. The minimum Gasteiger partial charge on any atom is -0.493 e. The van der Waals surface area contributed by atoms with E-state index >= 15 is 0 Å². The molecule has 124 valence electrons. The summed E-state index contributed by atoms with van der Waals surface area (Å²) in [4.78, 5) is 15.5. The average Bonchev–Trinajstić information content (AvgIpc) is 3.08. The number of carbonyl (C=O) groups is 1. The van der Waals surface area contributed by atoms with E-state index in [0.717, 1.165) is 5.52 Å². The summed E-state index contributed by atoms with van der Waals surface area (Å²) in [5, 5.41) is 3.48. The van der Waals surface area contributed by atoms with Crippen molar-refractivity contribution in [3.63, 3.8) is 0 Å². The van der Waals surface area contributed by atoms with Gasteiger partial charge in [-0.1, -0.05) is 0 Å². The van der Waals surface area contributed by atoms with Crippen molar-refractivity contribution < 1.29 is 22.7 Å². The Bertz CT molecular complexity index is 856. The first-order valence-electron chi connectivity index (χ1n) is 7.18. The van der Waals surface area contributed by atoms with Crippen molar-refractivity contribution in [1.29, 1.82) is 0 Å². The molecule has 0 aliphatic carbocycles. The van der Waals surface area contributed by atoms with Crippen LogP contribution in [0.5, 0.6) is 11.5 Å². The maximum Gasteiger partial charge on any atom is 0.253 e. The molecular weight excluding hydrogens is 320 g/mol. The molecule has 1 fully saturated rings. The summed E-state index contributed by atoms with van der Waals surface area (Å²) in [6.45, 7) is 0. The number of aromatic amines is 1. The van der Waals surface area contributed by atoms with Crippen LogP contribution >= 0.6 is 0 Å². The van der Waals surface area contributed by atoms with Crippen molar-refractivity contribution in [2.75, 3.05) is 25.7 Å². The number of aromatic nitrogens is 1. The zero-order valence-corrected chi connectivity index (χ0v) is 13.7. The molecular formula is C15H18N2O5S. The number of hydrogen-bond acceptors (Lipinski definition) is 5. The lowest BCUT2D eigenvalue weighted by Crippen LogP contribution is -2.35. The minimum atomic E-state index is -3.03. The van der Waals surface area contributed by atoms with Crippen molar-refractivity contribution in [3.8, 4) is 11.5 Å². The lowest BCUT2D eigenvalue weighted by atomic mass is 10.1. The van der Waals surface area contributed by atoms with Crippen LogP contribution in [0.2, 0.25) is 0 Å². The molecule has 3 rings (SSSR count). The molecule has 2 aromatic rings. The molecule has 1 aromatic carbocycles. The molecule has 7 nitrogen and oxygen atoms in total. The van der Waals surface area contributed by atoms with Crippen LogP contribution in [0.3, 0.4) is 0 Å². The zero-order chi connectivity index (χ0) is 16.6. The lowest BCUT2D eigenvalue weighted by Gasteiger charge is -2.11. The van der Waals surface area contributed by atoms with Gasteiger partial charge in [-0.25, -0.2) is 8.42 Å². The predicted octanol–water partition coefficient (Wildman–Crippen LogP) is 1.10. The molecule has 23 heavy (non-hydrogen) atoms. The smallest absolute Gasteiger partial charge is 0.253 e. The lowest BCUT2D eigenvalue weighted by molar-refractivity contribution is 0.0943. The fourth-order valence-corrected chi connectivity index (χ4v) is 4.48. The molecule has 0 radical (unpaired) electrons. The summed E-state index contributed by atoms with van der Waals surface area (Å²) in [7, 11) is 0.0385. The Labute approximate surface area is 133 Å². The van der Waals surface area contributed by atoms with Gasteiger partial charge in [0.2, 0.25) is 0 Å². The van der Waals surface area contributed by atoms with Gasteiger partial charge in [0.25, 0.3) is 5.91 Å². The molecule has 1 amide bonds. The highest BCUT2D eigenvalue weighted by molar-refractivity contribution is 7.91. The van der Waals surface area contributed by atoms with Crippen LogP contribution in [0.4, 0.5) is 0 Å². The van der Waals surface area contributed by atoms with Gasteiger partial charge in [0.05, 0.1) is 36.8 Å². The second kappa shape index (κ2) is 5.77. The van der Waals surface area contributed by atoms with Crippen molar-refractivity contribution in [2.45, 2.75) is 12.5 Å². The Morgan fingerprint density at radius 3 is 2.57 bits per heavy atom. The van der Waals surface area contributed by atoms with Crippen LogP contribution in [0, 0.1) is 0 Å². The number of sulfone groups is 1. The van der Waals surface area contributed by atoms with Crippen LogP contribution in [-0.2, 0) is 9.84 Å². The second-order valence-corrected chi connectivity index (χ2v) is 7.76. The van der Waals surface area contributed by atoms with Gasteiger partial charge in [-0.05, 0) is 12.5 Å². The zero-order valence-electron chi connectivity index (χ0n) is 12.9. The first kappa shape index (κ1) is 15.7. The topological polar surface area (TPSA) is 97.5 Å². The third-order valence-electron chi connectivity index (χ3n) is 4.00. The van der Waals surface area contributed by atoms with E-state index in [9.17, 15) is 13.2 Å². The van der Waals surface area contributed by atoms with E-state index in [4.69, 9.17) is 9.47 Å². The van der Waals surface area contributed by atoms with Crippen LogP contribution in [0.15, 0.2) is 18.3 Å². The van der Waals surface area contributed by atoms with Crippen LogP contribution in [-0.4, -0.2) is 51.1 Å². The molecule has 0 bridgehead atoms. The van der Waals surface area contributed by atoms with E-state index < -0.39 is 9.84 Å². The third-order valence-corrected chi connectivity index (χ3v) is 5.77. The van der Waals surface area contributed by atoms with Crippen molar-refractivity contribution in [1.82, 2.24) is 10.3 Å². The summed E-state index contributed by atoms with van der Waals surface area (Å²) >= 11 is 0. The fraction of sp³-hybridized carbons (Fsp3) is 0.400. The highest BCUT2D eigenvalue weighted by Gasteiger charge is 2.29. The number of hydrogen-bond donors (Lipinski definition) is 2. The van der Waals surface area contributed by atoms with Crippen LogP contribution in [0.1, 0.15) is 16.8 Å². The first-order chi connectivity index (χ1) is 10.9. The maximum absolute atomic E-state index is 12.4. The second-order valence-electron chi connectivity index (χ2n) is 5.53. The summed E-state index contributed by atoms with van der Waals surface area (Å²) in [5.41, 5.74) is 1.19. The number of amides is 1. The van der Waals surface area contributed by atoms with E-state index in [2.05, 4.69) is 10.3 Å². The standard InChI is InChI=1S/C15H18N2O5S/c1-21-13-5-10-11(7-16-12(10)6-14(13)22-2)15(18)17-9-3-4-23(19,20)8-9/h5-7,9,16H,3-4,8H2,1-2H3,(H,17,18). The van der Waals surface area contributed by atoms with Gasteiger partial charge in [-0.15, -0.1) is 0 Å². The van der Waals surface area contributed by atoms with Gasteiger partial charge in [-0.3, -0.25) is 4.79 Å². The maximum atomic E-state index is 12.4. The van der Waals surface area contributed by atoms with Crippen molar-refractivity contribution >= 4 is 26.6 Å². The normalized spacial score (nSPS) is 19.7. The van der Waals surface area contributed by atoms with E-state index in [-0.39, 0.29) is 23.5 Å². The molecule has 0 spiro atoms. The molecule has 1 aromatic heterocycles. The Balaban J connectivity index is 1.89. The van der Waals surface area contributed by atoms with Gasteiger partial charge < -0.3 is 19.8 Å². The van der Waals surface area contributed by atoms with Crippen LogP contribution < -0.4 is 14.8 Å². The Hall–Kier alpha value is -2.22. The predicted molar refractivity (Wildman–Crippen MR) is 85.9 cm³/mol. The molecule has 8 heteroatoms. The van der Waals surface area contributed by atoms with E-state index in [1.807, 2.05) is 0 Å². The van der Waals surface area contributed by atoms with Gasteiger partial charge in [0, 0.05) is 23.7 Å². The van der Waals surface area contributed by atoms with E-state index in [1.165, 1.54) is 7.11 Å². The number of H-pyrrole nitrogens is 1. The molecule has 1 aliphatic rings. The van der Waals surface area contributed by atoms with Gasteiger partial charge in [0.1, 0.15) is 0 Å². The van der Waals surface area contributed by atoms with E-state index in [0.29, 0.717) is 28.9 Å². The van der Waals surface area contributed by atoms with Gasteiger partial charge in [0.15, 0.2) is 21.3 Å². The highest BCUT2D eigenvalue weighted by atomic mass is 32.2. The van der Waals surface area contributed by atoms with Crippen LogP contribution in [0.25, 0.3) is 10.9 Å². The average molecular weight is 338 g/mol. The number of ether oxygens (including phenoxy) is 2. The fourth-order valence-electron chi connectivity index (χ4n) is 2.81. The molecule has 2 heterocycles. The van der Waals surface area contributed by atoms with Crippen molar-refractivity contribution in [2.24, 2.45) is 0 Å².